The fourth-order valence-electron chi connectivity index (χ4n) is 2.35. The van der Waals surface area contributed by atoms with Crippen LogP contribution in [-0.4, -0.2) is 14.8 Å². The fourth-order valence-corrected chi connectivity index (χ4v) is 2.35. The van der Waals surface area contributed by atoms with E-state index < -0.39 is 5.60 Å². The van der Waals surface area contributed by atoms with Crippen molar-refractivity contribution in [1.29, 1.82) is 0 Å². The van der Waals surface area contributed by atoms with Gasteiger partial charge in [0, 0.05) is 7.05 Å². The van der Waals surface area contributed by atoms with Crippen molar-refractivity contribution in [2.45, 2.75) is 18.6 Å². The average molecular weight is 193 g/mol. The Bertz CT molecular complexity index is 460. The number of hydrogen-bond donors (Lipinski definition) is 2. The van der Waals surface area contributed by atoms with E-state index in [-0.39, 0.29) is 17.9 Å². The van der Waals surface area contributed by atoms with Gasteiger partial charge in [-0.05, 0) is 13.0 Å². The molecule has 0 radical (unpaired) electrons. The van der Waals surface area contributed by atoms with Gasteiger partial charge in [-0.3, -0.25) is 4.57 Å². The molecular formula is C10H11NO3. The van der Waals surface area contributed by atoms with Crippen LogP contribution in [0.3, 0.4) is 0 Å². The number of fused-ring (bicyclic) bond motifs is 5. The van der Waals surface area contributed by atoms with Crippen molar-refractivity contribution >= 4 is 0 Å². The average Bonchev–Trinajstić information content (AvgIpc) is 2.72. The smallest absolute Gasteiger partial charge is 0.200 e. The maximum atomic E-state index is 9.82. The SMILES string of the molecule is Cn1c(O)c2c(c1O)C1(C)C=CC2O1. The van der Waals surface area contributed by atoms with Crippen molar-refractivity contribution in [3.8, 4) is 11.8 Å². The Kier molecular flexibility index (Phi) is 1.12. The second-order valence-corrected chi connectivity index (χ2v) is 4.00. The summed E-state index contributed by atoms with van der Waals surface area (Å²) in [6.07, 6.45) is 3.61. The van der Waals surface area contributed by atoms with Crippen LogP contribution < -0.4 is 0 Å². The second-order valence-electron chi connectivity index (χ2n) is 4.00. The van der Waals surface area contributed by atoms with E-state index in [1.54, 1.807) is 7.05 Å². The highest BCUT2D eigenvalue weighted by Crippen LogP contribution is 2.57. The summed E-state index contributed by atoms with van der Waals surface area (Å²) in [6.45, 7) is 1.88. The van der Waals surface area contributed by atoms with Crippen molar-refractivity contribution < 1.29 is 14.9 Å². The number of rotatable bonds is 0. The highest BCUT2D eigenvalue weighted by molar-refractivity contribution is 5.57. The molecule has 2 N–H and O–H groups in total. The summed E-state index contributed by atoms with van der Waals surface area (Å²) in [7, 11) is 1.63. The minimum atomic E-state index is -0.567. The number of aromatic hydroxyl groups is 2. The number of hydrogen-bond acceptors (Lipinski definition) is 3. The highest BCUT2D eigenvalue weighted by atomic mass is 16.5. The molecule has 3 heterocycles. The van der Waals surface area contributed by atoms with Gasteiger partial charge in [-0.15, -0.1) is 0 Å². The predicted octanol–water partition coefficient (Wildman–Crippen LogP) is 1.29. The van der Waals surface area contributed by atoms with Crippen molar-refractivity contribution in [2.75, 3.05) is 0 Å². The van der Waals surface area contributed by atoms with Gasteiger partial charge in [0.25, 0.3) is 0 Å². The Morgan fingerprint density at radius 1 is 1.43 bits per heavy atom. The van der Waals surface area contributed by atoms with Crippen LogP contribution in [0, 0.1) is 0 Å². The molecule has 0 aromatic carbocycles. The van der Waals surface area contributed by atoms with Crippen LogP contribution in [0.2, 0.25) is 0 Å². The van der Waals surface area contributed by atoms with Gasteiger partial charge in [0.2, 0.25) is 5.88 Å². The second kappa shape index (κ2) is 1.98. The largest absolute Gasteiger partial charge is 0.494 e. The standard InChI is InChI=1S/C10H11NO3/c1-10-4-3-5(14-10)6-7(10)9(13)11(2)8(6)12/h3-5,12-13H,1-2H3. The first-order valence-electron chi connectivity index (χ1n) is 4.53. The van der Waals surface area contributed by atoms with E-state index in [1.165, 1.54) is 4.57 Å². The highest BCUT2D eigenvalue weighted by Gasteiger charge is 2.49. The van der Waals surface area contributed by atoms with Gasteiger partial charge in [-0.1, -0.05) is 6.08 Å². The zero-order chi connectivity index (χ0) is 10.1. The molecule has 0 amide bonds. The van der Waals surface area contributed by atoms with E-state index in [9.17, 15) is 10.2 Å². The van der Waals surface area contributed by atoms with E-state index >= 15 is 0 Å². The maximum absolute atomic E-state index is 9.82. The minimum absolute atomic E-state index is 0.0897. The summed E-state index contributed by atoms with van der Waals surface area (Å²) in [6, 6.07) is 0. The first kappa shape index (κ1) is 7.94. The topological polar surface area (TPSA) is 54.6 Å². The van der Waals surface area contributed by atoms with E-state index in [2.05, 4.69) is 0 Å². The van der Waals surface area contributed by atoms with Gasteiger partial charge >= 0.3 is 0 Å². The fraction of sp³-hybridized carbons (Fsp3) is 0.400. The third kappa shape index (κ3) is 0.620. The molecule has 2 aliphatic rings. The normalized spacial score (nSPS) is 32.6. The molecule has 74 valence electrons. The van der Waals surface area contributed by atoms with Crippen LogP contribution in [-0.2, 0) is 17.4 Å². The van der Waals surface area contributed by atoms with Crippen LogP contribution in [0.15, 0.2) is 12.2 Å². The molecule has 3 rings (SSSR count). The lowest BCUT2D eigenvalue weighted by Gasteiger charge is -2.17. The summed E-state index contributed by atoms with van der Waals surface area (Å²) in [5.74, 6) is 0.183. The molecule has 2 aliphatic heterocycles. The molecule has 0 fully saturated rings. The Morgan fingerprint density at radius 3 is 2.79 bits per heavy atom. The van der Waals surface area contributed by atoms with E-state index in [0.717, 1.165) is 0 Å². The maximum Gasteiger partial charge on any atom is 0.200 e. The van der Waals surface area contributed by atoms with Crippen molar-refractivity contribution in [2.24, 2.45) is 7.05 Å². The van der Waals surface area contributed by atoms with Crippen LogP contribution in [0.1, 0.15) is 24.2 Å². The molecule has 14 heavy (non-hydrogen) atoms. The number of nitrogens with zero attached hydrogens (tertiary/aromatic N) is 1. The minimum Gasteiger partial charge on any atom is -0.494 e. The predicted molar refractivity (Wildman–Crippen MR) is 49.1 cm³/mol. The van der Waals surface area contributed by atoms with Gasteiger partial charge < -0.3 is 14.9 Å². The van der Waals surface area contributed by atoms with Crippen molar-refractivity contribution in [3.05, 3.63) is 23.3 Å². The van der Waals surface area contributed by atoms with E-state index in [4.69, 9.17) is 4.74 Å². The first-order valence-corrected chi connectivity index (χ1v) is 4.53. The zero-order valence-electron chi connectivity index (χ0n) is 7.98. The first-order chi connectivity index (χ1) is 6.54. The molecule has 0 aliphatic carbocycles. The lowest BCUT2D eigenvalue weighted by molar-refractivity contribution is 0.00836. The molecule has 0 spiro atoms. The van der Waals surface area contributed by atoms with E-state index in [1.807, 2.05) is 19.1 Å². The Labute approximate surface area is 81.0 Å². The molecule has 4 nitrogen and oxygen atoms in total. The van der Waals surface area contributed by atoms with Gasteiger partial charge in [-0.2, -0.15) is 0 Å². The lowest BCUT2D eigenvalue weighted by atomic mass is 9.91. The summed E-state index contributed by atoms with van der Waals surface area (Å²) in [4.78, 5) is 0. The summed E-state index contributed by atoms with van der Waals surface area (Å²) < 4.78 is 7.02. The number of ether oxygens (including phenoxy) is 1. The molecule has 2 unspecified atom stereocenters. The Balaban J connectivity index is 2.38. The van der Waals surface area contributed by atoms with Crippen LogP contribution in [0.4, 0.5) is 0 Å². The molecular weight excluding hydrogens is 182 g/mol. The quantitative estimate of drug-likeness (QED) is 0.610. The molecule has 2 atom stereocenters. The lowest BCUT2D eigenvalue weighted by Crippen LogP contribution is -2.14. The molecule has 1 aromatic rings. The van der Waals surface area contributed by atoms with Crippen LogP contribution in [0.25, 0.3) is 0 Å². The van der Waals surface area contributed by atoms with Crippen molar-refractivity contribution in [1.82, 2.24) is 4.57 Å². The summed E-state index contributed by atoms with van der Waals surface area (Å²) in [5, 5.41) is 19.6. The monoisotopic (exact) mass is 193 g/mol. The van der Waals surface area contributed by atoms with Crippen LogP contribution >= 0.6 is 0 Å². The molecule has 0 saturated heterocycles. The Hall–Kier alpha value is -1.42. The van der Waals surface area contributed by atoms with Gasteiger partial charge in [-0.25, -0.2) is 0 Å². The number of aromatic nitrogens is 1. The van der Waals surface area contributed by atoms with Gasteiger partial charge in [0.05, 0.1) is 11.1 Å². The molecule has 1 aromatic heterocycles. The summed E-state index contributed by atoms with van der Waals surface area (Å²) in [5.41, 5.74) is 0.836. The third-order valence-corrected chi connectivity index (χ3v) is 3.11. The van der Waals surface area contributed by atoms with Crippen LogP contribution in [0.5, 0.6) is 11.8 Å². The third-order valence-electron chi connectivity index (χ3n) is 3.11. The molecule has 2 bridgehead atoms. The summed E-state index contributed by atoms with van der Waals surface area (Å²) >= 11 is 0. The molecule has 4 heteroatoms. The van der Waals surface area contributed by atoms with Crippen molar-refractivity contribution in [3.63, 3.8) is 0 Å². The zero-order valence-corrected chi connectivity index (χ0v) is 7.98. The molecule has 0 saturated carbocycles. The van der Waals surface area contributed by atoms with E-state index in [0.29, 0.717) is 11.1 Å². The van der Waals surface area contributed by atoms with Gasteiger partial charge in [0.1, 0.15) is 11.7 Å². The van der Waals surface area contributed by atoms with Gasteiger partial charge in [0.15, 0.2) is 5.88 Å². The Morgan fingerprint density at radius 2 is 2.14 bits per heavy atom.